The van der Waals surface area contributed by atoms with E-state index in [1.807, 2.05) is 36.4 Å². The molecule has 6 nitrogen and oxygen atoms in total. The Morgan fingerprint density at radius 1 is 0.604 bits per heavy atom. The SMILES string of the molecule is COc1cc(-c2ccc(NC(=O)C3C[C@H]4CCC[C@H](C3)C43SCCS3)c(OC)c2)ccc1NC(=O)C1CC2CCCC(C1)C21SCCS1. The van der Waals surface area contributed by atoms with Crippen molar-refractivity contribution in [1.82, 2.24) is 0 Å². The van der Waals surface area contributed by atoms with Gasteiger partial charge in [0.25, 0.3) is 0 Å². The minimum Gasteiger partial charge on any atom is -0.495 e. The summed E-state index contributed by atoms with van der Waals surface area (Å²) >= 11 is 8.72. The molecule has 2 spiro atoms. The van der Waals surface area contributed by atoms with Crippen molar-refractivity contribution in [3.05, 3.63) is 36.4 Å². The summed E-state index contributed by atoms with van der Waals surface area (Å²) in [5, 5.41) is 6.48. The molecule has 6 aliphatic rings. The molecule has 0 radical (unpaired) electrons. The zero-order chi connectivity index (χ0) is 32.9. The van der Waals surface area contributed by atoms with Crippen molar-refractivity contribution in [3.8, 4) is 22.6 Å². The van der Waals surface area contributed by atoms with Gasteiger partial charge in [-0.15, -0.1) is 47.0 Å². The predicted octanol–water partition coefficient (Wildman–Crippen LogP) is 9.25. The van der Waals surface area contributed by atoms with Gasteiger partial charge < -0.3 is 20.1 Å². The fourth-order valence-corrected chi connectivity index (χ4v) is 17.9. The molecule has 4 atom stereocenters. The van der Waals surface area contributed by atoms with E-state index in [-0.39, 0.29) is 23.7 Å². The number of anilines is 2. The van der Waals surface area contributed by atoms with Gasteiger partial charge in [-0.3, -0.25) is 9.59 Å². The Kier molecular flexibility index (Phi) is 9.66. The summed E-state index contributed by atoms with van der Waals surface area (Å²) in [6.45, 7) is 0. The van der Waals surface area contributed by atoms with E-state index in [1.54, 1.807) is 14.2 Å². The average Bonchev–Trinajstić information content (AvgIpc) is 3.76. The van der Waals surface area contributed by atoms with E-state index in [1.165, 1.54) is 61.5 Å². The lowest BCUT2D eigenvalue weighted by Crippen LogP contribution is -2.48. The van der Waals surface area contributed by atoms with Crippen molar-refractivity contribution in [2.75, 3.05) is 47.9 Å². The summed E-state index contributed by atoms with van der Waals surface area (Å²) in [5.74, 6) is 9.19. The second kappa shape index (κ2) is 13.8. The van der Waals surface area contributed by atoms with Gasteiger partial charge >= 0.3 is 0 Å². The summed E-state index contributed by atoms with van der Waals surface area (Å²) in [6.07, 6.45) is 11.6. The number of carbonyl (C=O) groups is 2. The third kappa shape index (κ3) is 5.96. The molecular formula is C38H48N2O4S4. The average molecular weight is 725 g/mol. The van der Waals surface area contributed by atoms with Crippen LogP contribution in [0.5, 0.6) is 11.5 Å². The molecule has 2 N–H and O–H groups in total. The molecule has 2 heterocycles. The molecule has 2 aromatic carbocycles. The van der Waals surface area contributed by atoms with E-state index in [2.05, 4.69) is 57.7 Å². The van der Waals surface area contributed by atoms with E-state index < -0.39 is 0 Å². The second-order valence-corrected chi connectivity index (χ2v) is 20.6. The maximum absolute atomic E-state index is 13.6. The molecule has 48 heavy (non-hydrogen) atoms. The van der Waals surface area contributed by atoms with E-state index in [0.717, 1.165) is 36.8 Å². The van der Waals surface area contributed by atoms with Gasteiger partial charge in [-0.1, -0.05) is 25.0 Å². The molecule has 2 saturated heterocycles. The van der Waals surface area contributed by atoms with Crippen molar-refractivity contribution in [2.24, 2.45) is 35.5 Å². The molecule has 2 aromatic rings. The highest BCUT2D eigenvalue weighted by Crippen LogP contribution is 2.65. The summed E-state index contributed by atoms with van der Waals surface area (Å²) < 4.78 is 12.3. The maximum Gasteiger partial charge on any atom is 0.227 e. The minimum atomic E-state index is 0.0546. The fraction of sp³-hybridized carbons (Fsp3) is 0.632. The number of ether oxygens (including phenoxy) is 2. The van der Waals surface area contributed by atoms with Gasteiger partial charge in [0.1, 0.15) is 11.5 Å². The highest BCUT2D eigenvalue weighted by atomic mass is 32.2. The van der Waals surface area contributed by atoms with E-state index >= 15 is 0 Å². The molecule has 8 rings (SSSR count). The van der Waals surface area contributed by atoms with Crippen LogP contribution in [0.1, 0.15) is 64.2 Å². The van der Waals surface area contributed by atoms with Crippen LogP contribution in [-0.2, 0) is 9.59 Å². The molecule has 4 aliphatic carbocycles. The third-order valence-electron chi connectivity index (χ3n) is 12.2. The van der Waals surface area contributed by atoms with E-state index in [4.69, 9.17) is 9.47 Å². The van der Waals surface area contributed by atoms with Crippen LogP contribution < -0.4 is 20.1 Å². The first-order chi connectivity index (χ1) is 23.4. The Morgan fingerprint density at radius 2 is 0.958 bits per heavy atom. The van der Waals surface area contributed by atoms with Gasteiger partial charge in [0.05, 0.1) is 33.8 Å². The highest BCUT2D eigenvalue weighted by molar-refractivity contribution is 8.21. The number of carbonyl (C=O) groups excluding carboxylic acids is 2. The van der Waals surface area contributed by atoms with Gasteiger partial charge in [0.15, 0.2) is 0 Å². The summed E-state index contributed by atoms with van der Waals surface area (Å²) in [7, 11) is 3.31. The quantitative estimate of drug-likeness (QED) is 0.293. The fourth-order valence-electron chi connectivity index (χ4n) is 10.1. The first kappa shape index (κ1) is 33.5. The Balaban J connectivity index is 0.937. The Morgan fingerprint density at radius 3 is 1.29 bits per heavy atom. The molecule has 258 valence electrons. The van der Waals surface area contributed by atoms with Crippen LogP contribution in [0.15, 0.2) is 36.4 Å². The molecule has 2 amide bonds. The lowest BCUT2D eigenvalue weighted by molar-refractivity contribution is -0.123. The van der Waals surface area contributed by atoms with Crippen molar-refractivity contribution < 1.29 is 19.1 Å². The molecule has 4 saturated carbocycles. The lowest BCUT2D eigenvalue weighted by atomic mass is 9.67. The van der Waals surface area contributed by atoms with Crippen molar-refractivity contribution >= 4 is 70.2 Å². The zero-order valence-corrected chi connectivity index (χ0v) is 31.4. The molecule has 0 aromatic heterocycles. The van der Waals surface area contributed by atoms with Crippen LogP contribution in [-0.4, -0.2) is 57.2 Å². The number of amides is 2. The number of thioether (sulfide) groups is 4. The molecule has 2 aliphatic heterocycles. The zero-order valence-electron chi connectivity index (χ0n) is 28.1. The van der Waals surface area contributed by atoms with Crippen molar-refractivity contribution in [2.45, 2.75) is 72.4 Å². The van der Waals surface area contributed by atoms with Crippen LogP contribution in [0.25, 0.3) is 11.1 Å². The summed E-state index contributed by atoms with van der Waals surface area (Å²) in [4.78, 5) is 27.3. The van der Waals surface area contributed by atoms with Crippen LogP contribution in [0.3, 0.4) is 0 Å². The number of rotatable bonds is 7. The molecule has 4 bridgehead atoms. The smallest absolute Gasteiger partial charge is 0.227 e. The van der Waals surface area contributed by atoms with Gasteiger partial charge in [-0.05, 0) is 110 Å². The predicted molar refractivity (Wildman–Crippen MR) is 205 cm³/mol. The monoisotopic (exact) mass is 724 g/mol. The van der Waals surface area contributed by atoms with Crippen LogP contribution in [0, 0.1) is 35.5 Å². The van der Waals surface area contributed by atoms with Gasteiger partial charge in [-0.25, -0.2) is 0 Å². The maximum atomic E-state index is 13.6. The van der Waals surface area contributed by atoms with E-state index in [9.17, 15) is 9.59 Å². The highest BCUT2D eigenvalue weighted by Gasteiger charge is 2.56. The minimum absolute atomic E-state index is 0.0546. The van der Waals surface area contributed by atoms with Gasteiger partial charge in [-0.2, -0.15) is 0 Å². The topological polar surface area (TPSA) is 76.7 Å². The second-order valence-electron chi connectivity index (χ2n) is 14.6. The molecule has 10 heteroatoms. The van der Waals surface area contributed by atoms with Crippen LogP contribution >= 0.6 is 47.0 Å². The third-order valence-corrected chi connectivity index (χ3v) is 20.3. The molecule has 6 fully saturated rings. The molecule has 2 unspecified atom stereocenters. The van der Waals surface area contributed by atoms with Crippen LogP contribution in [0.4, 0.5) is 11.4 Å². The Bertz CT molecular complexity index is 1400. The normalized spacial score (nSPS) is 31.4. The Labute approximate surface area is 302 Å². The van der Waals surface area contributed by atoms with Crippen molar-refractivity contribution in [1.29, 1.82) is 0 Å². The number of hydrogen-bond donors (Lipinski definition) is 2. The summed E-state index contributed by atoms with van der Waals surface area (Å²) in [5.41, 5.74) is 3.35. The van der Waals surface area contributed by atoms with E-state index in [0.29, 0.717) is 54.7 Å². The van der Waals surface area contributed by atoms with Crippen molar-refractivity contribution in [3.63, 3.8) is 0 Å². The van der Waals surface area contributed by atoms with Crippen LogP contribution in [0.2, 0.25) is 0 Å². The Hall–Kier alpha value is -1.62. The number of benzene rings is 2. The summed E-state index contributed by atoms with van der Waals surface area (Å²) in [6, 6.07) is 11.9. The van der Waals surface area contributed by atoms with Gasteiger partial charge in [0.2, 0.25) is 11.8 Å². The number of nitrogens with one attached hydrogen (secondary N) is 2. The molecular weight excluding hydrogens is 677 g/mol. The number of hydrogen-bond acceptors (Lipinski definition) is 8. The standard InChI is InChI=1S/C38H48N2O4S4/c1-43-33-21-23(9-11-31(33)39-35(41)25-17-27-5-3-6-28(18-25)37(27)45-13-14-46-37)24-10-12-32(34(22-24)44-2)40-36(42)26-19-29-7-4-8-30(20-26)38(29)47-15-16-48-38/h9-12,21-22,25-30H,3-8,13-20H2,1-2H3,(H,39,41)(H,40,42)/t25?,27?,28?,29-,30-/m1/s1. The number of methoxy groups -OCH3 is 2. The largest absolute Gasteiger partial charge is 0.495 e. The van der Waals surface area contributed by atoms with Gasteiger partial charge in [0, 0.05) is 34.8 Å². The lowest BCUT2D eigenvalue weighted by Gasteiger charge is -2.52. The first-order valence-corrected chi connectivity index (χ1v) is 21.9. The first-order valence-electron chi connectivity index (χ1n) is 18.0.